The van der Waals surface area contributed by atoms with Crippen LogP contribution in [0.4, 0.5) is 0 Å². The molecule has 2 aromatic rings. The fourth-order valence-corrected chi connectivity index (χ4v) is 2.20. The normalized spacial score (nSPS) is 26.8. The summed E-state index contributed by atoms with van der Waals surface area (Å²) in [6.45, 7) is -0.0173. The van der Waals surface area contributed by atoms with E-state index in [1.807, 2.05) is 42.5 Å². The van der Waals surface area contributed by atoms with Gasteiger partial charge < -0.3 is 9.84 Å². The van der Waals surface area contributed by atoms with Crippen molar-refractivity contribution in [1.29, 1.82) is 0 Å². The molecule has 86 valence electrons. The molecule has 1 fully saturated rings. The van der Waals surface area contributed by atoms with Crippen LogP contribution in [0.5, 0.6) is 0 Å². The van der Waals surface area contributed by atoms with Crippen LogP contribution in [0, 0.1) is 0 Å². The fraction of sp³-hybridized carbons (Fsp3) is 0.214. The first kappa shape index (κ1) is 10.4. The molecule has 0 bridgehead atoms. The number of benzene rings is 1. The van der Waals surface area contributed by atoms with Crippen LogP contribution in [-0.2, 0) is 10.3 Å². The Morgan fingerprint density at radius 3 is 2.65 bits per heavy atom. The molecule has 1 aliphatic rings. The van der Waals surface area contributed by atoms with Gasteiger partial charge in [0.2, 0.25) is 0 Å². The van der Waals surface area contributed by atoms with Gasteiger partial charge in [-0.15, -0.1) is 0 Å². The van der Waals surface area contributed by atoms with E-state index >= 15 is 0 Å². The smallest absolute Gasteiger partial charge is 0.147 e. The van der Waals surface area contributed by atoms with Crippen LogP contribution < -0.4 is 0 Å². The summed E-state index contributed by atoms with van der Waals surface area (Å²) in [4.78, 5) is 4.08. The largest absolute Gasteiger partial charge is 0.393 e. The minimum atomic E-state index is -0.579. The van der Waals surface area contributed by atoms with Crippen molar-refractivity contribution in [3.8, 4) is 0 Å². The average Bonchev–Trinajstić information content (AvgIpc) is 3.17. The maximum Gasteiger partial charge on any atom is 0.147 e. The molecule has 3 rings (SSSR count). The molecule has 1 saturated heterocycles. The molecule has 2 heterocycles. The Morgan fingerprint density at radius 1 is 1.18 bits per heavy atom. The molecule has 1 N–H and O–H groups in total. The second kappa shape index (κ2) is 3.95. The Balaban J connectivity index is 1.94. The van der Waals surface area contributed by atoms with Crippen LogP contribution in [0.3, 0.4) is 0 Å². The van der Waals surface area contributed by atoms with E-state index in [0.29, 0.717) is 0 Å². The number of pyridine rings is 1. The summed E-state index contributed by atoms with van der Waals surface area (Å²) in [6, 6.07) is 13.7. The van der Waals surface area contributed by atoms with E-state index < -0.39 is 5.60 Å². The molecule has 1 aromatic heterocycles. The van der Waals surface area contributed by atoms with Gasteiger partial charge >= 0.3 is 0 Å². The van der Waals surface area contributed by atoms with Gasteiger partial charge in [0.15, 0.2) is 0 Å². The number of hydrogen-bond acceptors (Lipinski definition) is 3. The molecule has 0 aliphatic carbocycles. The molecule has 1 aromatic carbocycles. The molecule has 3 nitrogen and oxygen atoms in total. The predicted molar refractivity (Wildman–Crippen MR) is 63.3 cm³/mol. The number of ether oxygens (including phenoxy) is 1. The Labute approximate surface area is 99.7 Å². The van der Waals surface area contributed by atoms with Crippen molar-refractivity contribution in [3.05, 3.63) is 66.0 Å². The molecular weight excluding hydrogens is 214 g/mol. The second-order valence-corrected chi connectivity index (χ2v) is 4.20. The van der Waals surface area contributed by atoms with Gasteiger partial charge in [-0.2, -0.15) is 0 Å². The summed E-state index contributed by atoms with van der Waals surface area (Å²) in [5.41, 5.74) is 1.44. The van der Waals surface area contributed by atoms with Crippen LogP contribution >= 0.6 is 0 Å². The summed E-state index contributed by atoms with van der Waals surface area (Å²) in [5.74, 6) is 0. The lowest BCUT2D eigenvalue weighted by molar-refractivity contribution is 0.172. The number of rotatable bonds is 3. The van der Waals surface area contributed by atoms with Crippen LogP contribution in [-0.4, -0.2) is 16.7 Å². The molecule has 0 saturated carbocycles. The van der Waals surface area contributed by atoms with Gasteiger partial charge in [-0.1, -0.05) is 36.4 Å². The molecule has 1 aliphatic heterocycles. The van der Waals surface area contributed by atoms with E-state index in [9.17, 15) is 5.11 Å². The summed E-state index contributed by atoms with van der Waals surface area (Å²) in [6.07, 6.45) is 3.42. The van der Waals surface area contributed by atoms with Crippen LogP contribution in [0.1, 0.15) is 17.2 Å². The standard InChI is InChI=1S/C14H13NO2/c16-10-14(12-6-2-1-3-7-12)13(17-14)11-5-4-8-15-9-11/h1-9,13,16H,10H2/t13-,14+/m0/s1. The highest BCUT2D eigenvalue weighted by Crippen LogP contribution is 2.56. The van der Waals surface area contributed by atoms with E-state index in [1.54, 1.807) is 12.4 Å². The monoisotopic (exact) mass is 227 g/mol. The minimum Gasteiger partial charge on any atom is -0.393 e. The van der Waals surface area contributed by atoms with Crippen LogP contribution in [0.25, 0.3) is 0 Å². The number of aliphatic hydroxyl groups is 1. The highest BCUT2D eigenvalue weighted by molar-refractivity contribution is 5.34. The van der Waals surface area contributed by atoms with Crippen molar-refractivity contribution >= 4 is 0 Å². The Hall–Kier alpha value is -1.71. The van der Waals surface area contributed by atoms with Gasteiger partial charge in [0.05, 0.1) is 6.61 Å². The second-order valence-electron chi connectivity index (χ2n) is 4.20. The highest BCUT2D eigenvalue weighted by Gasteiger charge is 2.58. The highest BCUT2D eigenvalue weighted by atomic mass is 16.6. The maximum absolute atomic E-state index is 9.60. The van der Waals surface area contributed by atoms with E-state index in [-0.39, 0.29) is 12.7 Å². The average molecular weight is 227 g/mol. The number of hydrogen-bond donors (Lipinski definition) is 1. The zero-order chi connectivity index (χ0) is 11.7. The van der Waals surface area contributed by atoms with Crippen molar-refractivity contribution in [2.24, 2.45) is 0 Å². The molecule has 3 heteroatoms. The van der Waals surface area contributed by atoms with Gasteiger partial charge in [-0.05, 0) is 11.6 Å². The Bertz CT molecular complexity index is 500. The lowest BCUT2D eigenvalue weighted by Crippen LogP contribution is -2.15. The van der Waals surface area contributed by atoms with Crippen molar-refractivity contribution in [3.63, 3.8) is 0 Å². The fourth-order valence-electron chi connectivity index (χ4n) is 2.20. The molecular formula is C14H13NO2. The molecule has 0 spiro atoms. The number of aliphatic hydroxyl groups excluding tert-OH is 1. The quantitative estimate of drug-likeness (QED) is 0.816. The van der Waals surface area contributed by atoms with E-state index in [4.69, 9.17) is 4.74 Å². The maximum atomic E-state index is 9.60. The lowest BCUT2D eigenvalue weighted by atomic mass is 9.93. The molecule has 17 heavy (non-hydrogen) atoms. The Morgan fingerprint density at radius 2 is 2.00 bits per heavy atom. The topological polar surface area (TPSA) is 45.6 Å². The first-order valence-electron chi connectivity index (χ1n) is 5.61. The third-order valence-electron chi connectivity index (χ3n) is 3.18. The van der Waals surface area contributed by atoms with Crippen molar-refractivity contribution in [2.75, 3.05) is 6.61 Å². The molecule has 0 unspecified atom stereocenters. The number of nitrogens with zero attached hydrogens (tertiary/aromatic N) is 1. The van der Waals surface area contributed by atoms with Gasteiger partial charge in [0.25, 0.3) is 0 Å². The minimum absolute atomic E-state index is 0.0173. The first-order valence-corrected chi connectivity index (χ1v) is 5.61. The Kier molecular flexibility index (Phi) is 2.42. The third-order valence-corrected chi connectivity index (χ3v) is 3.18. The third kappa shape index (κ3) is 1.64. The predicted octanol–water partition coefficient (Wildman–Crippen LogP) is 2.04. The van der Waals surface area contributed by atoms with Crippen molar-refractivity contribution < 1.29 is 9.84 Å². The molecule has 0 amide bonds. The van der Waals surface area contributed by atoms with Gasteiger partial charge in [0.1, 0.15) is 11.7 Å². The number of epoxide rings is 1. The summed E-state index contributed by atoms with van der Waals surface area (Å²) in [5, 5.41) is 9.60. The van der Waals surface area contributed by atoms with E-state index in [2.05, 4.69) is 4.98 Å². The van der Waals surface area contributed by atoms with E-state index in [0.717, 1.165) is 11.1 Å². The van der Waals surface area contributed by atoms with Crippen LogP contribution in [0.2, 0.25) is 0 Å². The van der Waals surface area contributed by atoms with Gasteiger partial charge in [-0.25, -0.2) is 0 Å². The van der Waals surface area contributed by atoms with Gasteiger partial charge in [0, 0.05) is 18.0 Å². The molecule has 0 radical (unpaired) electrons. The zero-order valence-corrected chi connectivity index (χ0v) is 9.28. The lowest BCUT2D eigenvalue weighted by Gasteiger charge is -2.09. The zero-order valence-electron chi connectivity index (χ0n) is 9.28. The number of aromatic nitrogens is 1. The summed E-state index contributed by atoms with van der Waals surface area (Å²) < 4.78 is 5.74. The van der Waals surface area contributed by atoms with Crippen LogP contribution in [0.15, 0.2) is 54.9 Å². The summed E-state index contributed by atoms with van der Waals surface area (Å²) >= 11 is 0. The first-order chi connectivity index (χ1) is 8.37. The molecule has 2 atom stereocenters. The van der Waals surface area contributed by atoms with Crippen molar-refractivity contribution in [2.45, 2.75) is 11.7 Å². The van der Waals surface area contributed by atoms with E-state index in [1.165, 1.54) is 0 Å². The SMILES string of the molecule is OC[C@]1(c2ccccc2)O[C@H]1c1cccnc1. The summed E-state index contributed by atoms with van der Waals surface area (Å²) in [7, 11) is 0. The van der Waals surface area contributed by atoms with Gasteiger partial charge in [-0.3, -0.25) is 4.98 Å². The van der Waals surface area contributed by atoms with Crippen molar-refractivity contribution in [1.82, 2.24) is 4.98 Å².